The van der Waals surface area contributed by atoms with Crippen LogP contribution in [0.5, 0.6) is 5.75 Å². The van der Waals surface area contributed by atoms with Gasteiger partial charge in [-0.25, -0.2) is 4.79 Å². The molecule has 1 heterocycles. The van der Waals surface area contributed by atoms with E-state index in [1.54, 1.807) is 21.1 Å². The van der Waals surface area contributed by atoms with Crippen LogP contribution in [-0.2, 0) is 17.9 Å². The zero-order chi connectivity index (χ0) is 19.2. The van der Waals surface area contributed by atoms with E-state index in [4.69, 9.17) is 4.74 Å². The molecule has 0 aliphatic carbocycles. The number of amides is 1. The fourth-order valence-electron chi connectivity index (χ4n) is 3.13. The van der Waals surface area contributed by atoms with Gasteiger partial charge in [0, 0.05) is 26.6 Å². The number of ether oxygens (including phenoxy) is 1. The van der Waals surface area contributed by atoms with Crippen LogP contribution < -0.4 is 10.4 Å². The number of aromatic nitrogens is 2. The molecule has 0 N–H and O–H groups in total. The number of fused-ring (bicyclic) bond motifs is 1. The molecule has 0 saturated heterocycles. The standard InChI is InChI=1S/C21H25N3O3/c1-3-23-18-11-7-8-12-19(18)24(21(23)26)14-13-20(25)22(2)15-16-27-17-9-5-4-6-10-17/h4-12H,3,13-16H2,1-2H3. The fraction of sp³-hybridized carbons (Fsp3) is 0.333. The van der Waals surface area contributed by atoms with Crippen LogP contribution in [0.15, 0.2) is 59.4 Å². The van der Waals surface area contributed by atoms with Crippen molar-refractivity contribution in [2.24, 2.45) is 0 Å². The zero-order valence-corrected chi connectivity index (χ0v) is 15.8. The lowest BCUT2D eigenvalue weighted by Crippen LogP contribution is -2.32. The maximum Gasteiger partial charge on any atom is 0.329 e. The predicted molar refractivity (Wildman–Crippen MR) is 106 cm³/mol. The summed E-state index contributed by atoms with van der Waals surface area (Å²) in [4.78, 5) is 26.7. The van der Waals surface area contributed by atoms with E-state index in [0.29, 0.717) is 26.2 Å². The number of para-hydroxylation sites is 3. The smallest absolute Gasteiger partial charge is 0.329 e. The van der Waals surface area contributed by atoms with Gasteiger partial charge in [0.2, 0.25) is 5.91 Å². The van der Waals surface area contributed by atoms with E-state index in [2.05, 4.69) is 0 Å². The Bertz CT molecular complexity index is 960. The number of likely N-dealkylation sites (N-methyl/N-ethyl adjacent to an activating group) is 1. The topological polar surface area (TPSA) is 56.5 Å². The molecule has 6 nitrogen and oxygen atoms in total. The van der Waals surface area contributed by atoms with Crippen LogP contribution in [0.2, 0.25) is 0 Å². The molecule has 142 valence electrons. The molecule has 0 saturated carbocycles. The molecule has 1 amide bonds. The Hall–Kier alpha value is -3.02. The number of carbonyl (C=O) groups excluding carboxylic acids is 1. The molecule has 0 bridgehead atoms. The van der Waals surface area contributed by atoms with Crippen molar-refractivity contribution in [3.8, 4) is 5.75 Å². The SMILES string of the molecule is CCn1c(=O)n(CCC(=O)N(C)CCOc2ccccc2)c2ccccc21. The normalized spacial score (nSPS) is 10.9. The average molecular weight is 367 g/mol. The van der Waals surface area contributed by atoms with Crippen LogP contribution in [0.4, 0.5) is 0 Å². The average Bonchev–Trinajstić information content (AvgIpc) is 2.97. The molecule has 0 fully saturated rings. The van der Waals surface area contributed by atoms with Gasteiger partial charge in [-0.15, -0.1) is 0 Å². The highest BCUT2D eigenvalue weighted by atomic mass is 16.5. The maximum atomic E-state index is 12.6. The quantitative estimate of drug-likeness (QED) is 0.615. The lowest BCUT2D eigenvalue weighted by molar-refractivity contribution is -0.130. The van der Waals surface area contributed by atoms with Gasteiger partial charge in [0.1, 0.15) is 12.4 Å². The molecule has 27 heavy (non-hydrogen) atoms. The largest absolute Gasteiger partial charge is 0.492 e. The van der Waals surface area contributed by atoms with E-state index in [1.807, 2.05) is 61.5 Å². The third kappa shape index (κ3) is 4.22. The first-order valence-electron chi connectivity index (χ1n) is 9.21. The van der Waals surface area contributed by atoms with Crippen molar-refractivity contribution >= 4 is 16.9 Å². The second-order valence-corrected chi connectivity index (χ2v) is 6.39. The van der Waals surface area contributed by atoms with Gasteiger partial charge in [-0.3, -0.25) is 13.9 Å². The minimum Gasteiger partial charge on any atom is -0.492 e. The summed E-state index contributed by atoms with van der Waals surface area (Å²) >= 11 is 0. The van der Waals surface area contributed by atoms with Gasteiger partial charge in [-0.05, 0) is 31.2 Å². The number of aryl methyl sites for hydroxylation is 2. The van der Waals surface area contributed by atoms with Crippen molar-refractivity contribution in [2.45, 2.75) is 26.4 Å². The third-order valence-corrected chi connectivity index (χ3v) is 4.66. The van der Waals surface area contributed by atoms with Crippen LogP contribution in [0.25, 0.3) is 11.0 Å². The van der Waals surface area contributed by atoms with Crippen molar-refractivity contribution in [1.29, 1.82) is 0 Å². The molecule has 0 aliphatic heterocycles. The number of hydrogen-bond acceptors (Lipinski definition) is 3. The third-order valence-electron chi connectivity index (χ3n) is 4.66. The van der Waals surface area contributed by atoms with Gasteiger partial charge in [0.15, 0.2) is 0 Å². The van der Waals surface area contributed by atoms with Gasteiger partial charge in [0.25, 0.3) is 0 Å². The molecule has 3 aromatic rings. The predicted octanol–water partition coefficient (Wildman–Crippen LogP) is 2.75. The van der Waals surface area contributed by atoms with Crippen LogP contribution in [-0.4, -0.2) is 40.1 Å². The summed E-state index contributed by atoms with van der Waals surface area (Å²) in [6, 6.07) is 17.2. The number of imidazole rings is 1. The summed E-state index contributed by atoms with van der Waals surface area (Å²) in [5, 5.41) is 0. The van der Waals surface area contributed by atoms with Crippen LogP contribution in [0.3, 0.4) is 0 Å². The summed E-state index contributed by atoms with van der Waals surface area (Å²) in [6.45, 7) is 3.86. The Labute approximate surface area is 158 Å². The molecular formula is C21H25N3O3. The van der Waals surface area contributed by atoms with Gasteiger partial charge < -0.3 is 9.64 Å². The molecule has 1 aromatic heterocycles. The van der Waals surface area contributed by atoms with Gasteiger partial charge in [-0.1, -0.05) is 30.3 Å². The molecule has 6 heteroatoms. The van der Waals surface area contributed by atoms with E-state index < -0.39 is 0 Å². The first-order chi connectivity index (χ1) is 13.1. The molecule has 0 radical (unpaired) electrons. The Morgan fingerprint density at radius 3 is 2.30 bits per heavy atom. The highest BCUT2D eigenvalue weighted by Gasteiger charge is 2.14. The molecule has 0 spiro atoms. The minimum absolute atomic E-state index is 0.00751. The molecule has 0 unspecified atom stereocenters. The second-order valence-electron chi connectivity index (χ2n) is 6.39. The van der Waals surface area contributed by atoms with Crippen molar-refractivity contribution in [3.05, 3.63) is 65.1 Å². The van der Waals surface area contributed by atoms with Gasteiger partial charge >= 0.3 is 5.69 Å². The summed E-state index contributed by atoms with van der Waals surface area (Å²) in [6.07, 6.45) is 0.277. The second kappa shape index (κ2) is 8.58. The van der Waals surface area contributed by atoms with E-state index in [0.717, 1.165) is 16.8 Å². The molecular weight excluding hydrogens is 342 g/mol. The first-order valence-corrected chi connectivity index (χ1v) is 9.21. The minimum atomic E-state index is -0.0680. The van der Waals surface area contributed by atoms with Crippen molar-refractivity contribution in [3.63, 3.8) is 0 Å². The van der Waals surface area contributed by atoms with Crippen molar-refractivity contribution in [2.75, 3.05) is 20.2 Å². The number of rotatable bonds is 8. The zero-order valence-electron chi connectivity index (χ0n) is 15.8. The Balaban J connectivity index is 1.58. The van der Waals surface area contributed by atoms with Gasteiger partial charge in [-0.2, -0.15) is 0 Å². The lowest BCUT2D eigenvalue weighted by atomic mass is 10.3. The summed E-state index contributed by atoms with van der Waals surface area (Å²) in [5.74, 6) is 0.782. The van der Waals surface area contributed by atoms with Crippen LogP contribution in [0.1, 0.15) is 13.3 Å². The fourth-order valence-corrected chi connectivity index (χ4v) is 3.13. The Kier molecular flexibility index (Phi) is 5.96. The summed E-state index contributed by atoms with van der Waals surface area (Å²) in [5.41, 5.74) is 1.70. The first kappa shape index (κ1) is 18.8. The lowest BCUT2D eigenvalue weighted by Gasteiger charge is -2.17. The van der Waals surface area contributed by atoms with Crippen molar-refractivity contribution < 1.29 is 9.53 Å². The van der Waals surface area contributed by atoms with Crippen LogP contribution in [0, 0.1) is 0 Å². The van der Waals surface area contributed by atoms with E-state index in [1.165, 1.54) is 0 Å². The van der Waals surface area contributed by atoms with E-state index >= 15 is 0 Å². The van der Waals surface area contributed by atoms with Gasteiger partial charge in [0.05, 0.1) is 17.6 Å². The number of carbonyl (C=O) groups is 1. The monoisotopic (exact) mass is 367 g/mol. The molecule has 0 aliphatic rings. The highest BCUT2D eigenvalue weighted by molar-refractivity contribution is 5.78. The maximum absolute atomic E-state index is 12.6. The number of benzene rings is 2. The summed E-state index contributed by atoms with van der Waals surface area (Å²) in [7, 11) is 1.76. The van der Waals surface area contributed by atoms with Crippen LogP contribution >= 0.6 is 0 Å². The molecule has 0 atom stereocenters. The number of nitrogens with zero attached hydrogens (tertiary/aromatic N) is 3. The van der Waals surface area contributed by atoms with E-state index in [-0.39, 0.29) is 18.0 Å². The molecule has 2 aromatic carbocycles. The van der Waals surface area contributed by atoms with E-state index in [9.17, 15) is 9.59 Å². The molecule has 3 rings (SSSR count). The highest BCUT2D eigenvalue weighted by Crippen LogP contribution is 2.13. The Morgan fingerprint density at radius 2 is 1.63 bits per heavy atom. The Morgan fingerprint density at radius 1 is 1.00 bits per heavy atom. The number of hydrogen-bond donors (Lipinski definition) is 0. The van der Waals surface area contributed by atoms with Crippen molar-refractivity contribution in [1.82, 2.24) is 14.0 Å². The summed E-state index contributed by atoms with van der Waals surface area (Å²) < 4.78 is 9.05.